The van der Waals surface area contributed by atoms with E-state index in [0.29, 0.717) is 0 Å². The number of rotatable bonds is 1. The van der Waals surface area contributed by atoms with Crippen LogP contribution in [-0.2, 0) is 6.42 Å². The molecular weight excluding hydrogens is 230 g/mol. The molecule has 1 aromatic heterocycles. The lowest BCUT2D eigenvalue weighted by atomic mass is 10.1. The van der Waals surface area contributed by atoms with Crippen LogP contribution in [0, 0.1) is 6.92 Å². The fourth-order valence-electron chi connectivity index (χ4n) is 3.08. The van der Waals surface area contributed by atoms with Crippen LogP contribution in [0.3, 0.4) is 0 Å². The molecule has 0 bridgehead atoms. The van der Waals surface area contributed by atoms with Gasteiger partial charge in [-0.25, -0.2) is 0 Å². The fourth-order valence-corrected chi connectivity index (χ4v) is 3.08. The first-order chi connectivity index (χ1) is 9.33. The first kappa shape index (κ1) is 10.6. The summed E-state index contributed by atoms with van der Waals surface area (Å²) in [4.78, 5) is 0. The molecule has 3 aromatic rings. The quantitative estimate of drug-likeness (QED) is 0.594. The molecule has 0 aliphatic heterocycles. The van der Waals surface area contributed by atoms with Gasteiger partial charge in [0.1, 0.15) is 0 Å². The summed E-state index contributed by atoms with van der Waals surface area (Å²) in [7, 11) is 0. The van der Waals surface area contributed by atoms with Gasteiger partial charge in [-0.15, -0.1) is 0 Å². The van der Waals surface area contributed by atoms with Crippen LogP contribution < -0.4 is 0 Å². The van der Waals surface area contributed by atoms with E-state index in [2.05, 4.69) is 72.2 Å². The molecule has 0 spiro atoms. The molecule has 1 nitrogen and oxygen atoms in total. The molecule has 0 saturated carbocycles. The number of aromatic nitrogens is 1. The van der Waals surface area contributed by atoms with Crippen LogP contribution >= 0.6 is 0 Å². The van der Waals surface area contributed by atoms with E-state index in [-0.39, 0.29) is 0 Å². The van der Waals surface area contributed by atoms with Crippen LogP contribution in [0.5, 0.6) is 0 Å². The lowest BCUT2D eigenvalue weighted by Crippen LogP contribution is -1.98. The van der Waals surface area contributed by atoms with E-state index in [1.165, 1.54) is 33.4 Å². The van der Waals surface area contributed by atoms with Gasteiger partial charge in [0, 0.05) is 23.2 Å². The second-order valence-electron chi connectivity index (χ2n) is 5.19. The summed E-state index contributed by atoms with van der Waals surface area (Å²) < 4.78 is 2.38. The van der Waals surface area contributed by atoms with Crippen LogP contribution in [0.1, 0.15) is 16.8 Å². The smallest absolute Gasteiger partial charge is 0.0528 e. The summed E-state index contributed by atoms with van der Waals surface area (Å²) in [6, 6.07) is 19.5. The van der Waals surface area contributed by atoms with Crippen LogP contribution in [-0.4, -0.2) is 4.57 Å². The third-order valence-corrected chi connectivity index (χ3v) is 3.93. The van der Waals surface area contributed by atoms with E-state index in [4.69, 9.17) is 0 Å². The van der Waals surface area contributed by atoms with E-state index in [1.54, 1.807) is 0 Å². The van der Waals surface area contributed by atoms with Crippen molar-refractivity contribution in [3.05, 3.63) is 71.4 Å². The number of hydrogen-bond acceptors (Lipinski definition) is 0. The Labute approximate surface area is 112 Å². The maximum Gasteiger partial charge on any atom is 0.0528 e. The molecule has 19 heavy (non-hydrogen) atoms. The Hall–Kier alpha value is -2.28. The third kappa shape index (κ3) is 1.55. The third-order valence-electron chi connectivity index (χ3n) is 3.93. The first-order valence-electron chi connectivity index (χ1n) is 6.69. The van der Waals surface area contributed by atoms with Gasteiger partial charge in [0.25, 0.3) is 0 Å². The van der Waals surface area contributed by atoms with Gasteiger partial charge in [-0.3, -0.25) is 0 Å². The molecule has 0 atom stereocenters. The van der Waals surface area contributed by atoms with Gasteiger partial charge in [-0.1, -0.05) is 42.5 Å². The molecule has 92 valence electrons. The Bertz CT molecular complexity index is 805. The van der Waals surface area contributed by atoms with Crippen molar-refractivity contribution in [1.82, 2.24) is 4.57 Å². The topological polar surface area (TPSA) is 4.93 Å². The van der Waals surface area contributed by atoms with Crippen molar-refractivity contribution in [2.75, 3.05) is 0 Å². The molecule has 2 aromatic carbocycles. The van der Waals surface area contributed by atoms with Gasteiger partial charge in [-0.05, 0) is 36.3 Å². The van der Waals surface area contributed by atoms with Crippen molar-refractivity contribution < 1.29 is 0 Å². The van der Waals surface area contributed by atoms with Crippen LogP contribution in [0.15, 0.2) is 54.6 Å². The van der Waals surface area contributed by atoms with Crippen molar-refractivity contribution in [2.45, 2.75) is 13.3 Å². The zero-order valence-corrected chi connectivity index (χ0v) is 10.9. The summed E-state index contributed by atoms with van der Waals surface area (Å²) in [6.45, 7) is 2.18. The predicted octanol–water partition coefficient (Wildman–Crippen LogP) is 4.50. The Balaban J connectivity index is 1.92. The van der Waals surface area contributed by atoms with Crippen LogP contribution in [0.4, 0.5) is 0 Å². The maximum absolute atomic E-state index is 2.38. The second-order valence-corrected chi connectivity index (χ2v) is 5.19. The Kier molecular flexibility index (Phi) is 2.16. The van der Waals surface area contributed by atoms with Gasteiger partial charge < -0.3 is 4.57 Å². The molecule has 0 amide bonds. The average Bonchev–Trinajstić information content (AvgIpc) is 2.97. The molecule has 0 radical (unpaired) electrons. The number of nitrogens with zero attached hydrogens (tertiary/aromatic N) is 1. The van der Waals surface area contributed by atoms with E-state index < -0.39 is 0 Å². The van der Waals surface area contributed by atoms with E-state index in [9.17, 15) is 0 Å². The minimum absolute atomic E-state index is 1.02. The summed E-state index contributed by atoms with van der Waals surface area (Å²) in [5.74, 6) is 0. The molecule has 1 aliphatic rings. The van der Waals surface area contributed by atoms with E-state index >= 15 is 0 Å². The van der Waals surface area contributed by atoms with Gasteiger partial charge >= 0.3 is 0 Å². The molecule has 4 rings (SSSR count). The number of para-hydroxylation sites is 1. The molecule has 0 N–H and O–H groups in total. The minimum Gasteiger partial charge on any atom is -0.317 e. The number of allylic oxidation sites excluding steroid dienone is 1. The zero-order valence-electron chi connectivity index (χ0n) is 10.9. The Morgan fingerprint density at radius 1 is 0.947 bits per heavy atom. The first-order valence-corrected chi connectivity index (χ1v) is 6.69. The predicted molar refractivity (Wildman–Crippen MR) is 81.0 cm³/mol. The highest BCUT2D eigenvalue weighted by molar-refractivity contribution is 5.90. The largest absolute Gasteiger partial charge is 0.317 e. The van der Waals surface area contributed by atoms with Gasteiger partial charge in [0.15, 0.2) is 0 Å². The average molecular weight is 245 g/mol. The second kappa shape index (κ2) is 3.86. The Morgan fingerprint density at radius 2 is 1.74 bits per heavy atom. The maximum atomic E-state index is 2.38. The molecule has 0 fully saturated rings. The summed E-state index contributed by atoms with van der Waals surface area (Å²) >= 11 is 0. The Morgan fingerprint density at radius 3 is 2.63 bits per heavy atom. The van der Waals surface area contributed by atoms with Crippen molar-refractivity contribution in [3.8, 4) is 0 Å². The molecule has 0 saturated heterocycles. The molecule has 1 aliphatic carbocycles. The number of aryl methyl sites for hydroxylation is 1. The normalized spacial score (nSPS) is 13.6. The summed E-state index contributed by atoms with van der Waals surface area (Å²) in [5, 5.41) is 1.32. The summed E-state index contributed by atoms with van der Waals surface area (Å²) in [5.41, 5.74) is 6.77. The standard InChI is InChI=1S/C18H15N/c1-13-10-16-8-4-5-9-18(16)19(13)17-11-14-6-2-3-7-15(14)12-17/h2-11H,12H2,1H3. The van der Waals surface area contributed by atoms with Crippen molar-refractivity contribution in [3.63, 3.8) is 0 Å². The van der Waals surface area contributed by atoms with Crippen LogP contribution in [0.2, 0.25) is 0 Å². The number of hydrogen-bond donors (Lipinski definition) is 0. The zero-order chi connectivity index (χ0) is 12.8. The van der Waals surface area contributed by atoms with Crippen LogP contribution in [0.25, 0.3) is 22.7 Å². The molecule has 1 heteroatoms. The minimum atomic E-state index is 1.02. The summed E-state index contributed by atoms with van der Waals surface area (Å²) in [6.07, 6.45) is 3.34. The lowest BCUT2D eigenvalue weighted by Gasteiger charge is -2.09. The highest BCUT2D eigenvalue weighted by Crippen LogP contribution is 2.32. The van der Waals surface area contributed by atoms with Crippen molar-refractivity contribution in [2.24, 2.45) is 0 Å². The highest BCUT2D eigenvalue weighted by atomic mass is 15.0. The molecule has 0 unspecified atom stereocenters. The van der Waals surface area contributed by atoms with E-state index in [0.717, 1.165) is 6.42 Å². The van der Waals surface area contributed by atoms with E-state index in [1.807, 2.05) is 0 Å². The van der Waals surface area contributed by atoms with Gasteiger partial charge in [0.2, 0.25) is 0 Å². The SMILES string of the molecule is Cc1cc2ccccc2n1C1=Cc2ccccc2C1. The van der Waals surface area contributed by atoms with Gasteiger partial charge in [-0.2, -0.15) is 0 Å². The monoisotopic (exact) mass is 245 g/mol. The number of fused-ring (bicyclic) bond motifs is 2. The lowest BCUT2D eigenvalue weighted by molar-refractivity contribution is 1.04. The number of benzene rings is 2. The highest BCUT2D eigenvalue weighted by Gasteiger charge is 2.16. The molecular formula is C18H15N. The fraction of sp³-hybridized carbons (Fsp3) is 0.111. The molecule has 1 heterocycles. The van der Waals surface area contributed by atoms with Crippen molar-refractivity contribution in [1.29, 1.82) is 0 Å². The van der Waals surface area contributed by atoms with Gasteiger partial charge in [0.05, 0.1) is 5.52 Å². The van der Waals surface area contributed by atoms with Crippen molar-refractivity contribution >= 4 is 22.7 Å².